The molecule has 1 rings (SSSR count). The summed E-state index contributed by atoms with van der Waals surface area (Å²) in [7, 11) is 0. The minimum Gasteiger partial charge on any atom is -0.330 e. The van der Waals surface area contributed by atoms with E-state index in [9.17, 15) is 4.39 Å². The second kappa shape index (κ2) is 4.09. The molecule has 78 valence electrons. The Labute approximate surface area is 85.1 Å². The fourth-order valence-corrected chi connectivity index (χ4v) is 1.57. The van der Waals surface area contributed by atoms with Crippen molar-refractivity contribution >= 4 is 0 Å². The minimum absolute atomic E-state index is 0.0349. The lowest BCUT2D eigenvalue weighted by molar-refractivity contribution is 0.485. The van der Waals surface area contributed by atoms with Crippen molar-refractivity contribution in [3.8, 4) is 0 Å². The minimum atomic E-state index is -0.141. The van der Waals surface area contributed by atoms with Crippen molar-refractivity contribution in [2.24, 2.45) is 5.73 Å². The number of benzene rings is 1. The van der Waals surface area contributed by atoms with Gasteiger partial charge in [0, 0.05) is 0 Å². The Bertz CT molecular complexity index is 318. The van der Waals surface area contributed by atoms with Crippen molar-refractivity contribution in [2.45, 2.75) is 32.6 Å². The molecular formula is C12H18FN. The zero-order chi connectivity index (χ0) is 10.8. The van der Waals surface area contributed by atoms with Crippen LogP contribution in [0.1, 0.15) is 31.4 Å². The number of halogens is 1. The maximum absolute atomic E-state index is 13.0. The van der Waals surface area contributed by atoms with Gasteiger partial charge in [0.15, 0.2) is 0 Å². The highest BCUT2D eigenvalue weighted by Crippen LogP contribution is 2.27. The summed E-state index contributed by atoms with van der Waals surface area (Å²) in [5.74, 6) is -0.141. The maximum atomic E-state index is 13.0. The molecule has 0 amide bonds. The molecule has 2 N–H and O–H groups in total. The lowest BCUT2D eigenvalue weighted by Gasteiger charge is -2.25. The predicted molar refractivity (Wildman–Crippen MR) is 57.8 cm³/mol. The lowest BCUT2D eigenvalue weighted by Crippen LogP contribution is -2.21. The van der Waals surface area contributed by atoms with Crippen LogP contribution >= 0.6 is 0 Å². The van der Waals surface area contributed by atoms with Gasteiger partial charge in [0.05, 0.1) is 0 Å². The van der Waals surface area contributed by atoms with Crippen LogP contribution in [-0.2, 0) is 5.41 Å². The first-order valence-corrected chi connectivity index (χ1v) is 4.94. The van der Waals surface area contributed by atoms with Gasteiger partial charge < -0.3 is 5.73 Å². The molecule has 1 aromatic carbocycles. The molecule has 0 fully saturated rings. The zero-order valence-electron chi connectivity index (χ0n) is 9.10. The standard InChI is InChI=1S/C12H18FN/c1-9-8-10(4-5-11(9)13)12(2,3)6-7-14/h4-5,8H,6-7,14H2,1-3H3. The van der Waals surface area contributed by atoms with E-state index in [1.54, 1.807) is 6.92 Å². The molecule has 0 aliphatic rings. The molecule has 0 bridgehead atoms. The molecule has 0 unspecified atom stereocenters. The molecule has 0 saturated heterocycles. The third kappa shape index (κ3) is 2.32. The summed E-state index contributed by atoms with van der Waals surface area (Å²) < 4.78 is 13.0. The van der Waals surface area contributed by atoms with E-state index in [0.29, 0.717) is 12.1 Å². The summed E-state index contributed by atoms with van der Waals surface area (Å²) in [4.78, 5) is 0. The molecule has 0 aromatic heterocycles. The van der Waals surface area contributed by atoms with Gasteiger partial charge in [-0.3, -0.25) is 0 Å². The van der Waals surface area contributed by atoms with Gasteiger partial charge in [0.2, 0.25) is 0 Å². The SMILES string of the molecule is Cc1cc(C(C)(C)CCN)ccc1F. The molecule has 0 radical (unpaired) electrons. The van der Waals surface area contributed by atoms with Crippen molar-refractivity contribution in [2.75, 3.05) is 6.54 Å². The first-order chi connectivity index (χ1) is 6.47. The number of hydrogen-bond acceptors (Lipinski definition) is 1. The molecular weight excluding hydrogens is 177 g/mol. The van der Waals surface area contributed by atoms with Gasteiger partial charge in [0.25, 0.3) is 0 Å². The monoisotopic (exact) mass is 195 g/mol. The van der Waals surface area contributed by atoms with Crippen LogP contribution in [0.4, 0.5) is 4.39 Å². The van der Waals surface area contributed by atoms with Crippen LogP contribution in [0.15, 0.2) is 18.2 Å². The van der Waals surface area contributed by atoms with Gasteiger partial charge in [-0.2, -0.15) is 0 Å². The van der Waals surface area contributed by atoms with Crippen LogP contribution in [0.3, 0.4) is 0 Å². The topological polar surface area (TPSA) is 26.0 Å². The number of rotatable bonds is 3. The van der Waals surface area contributed by atoms with E-state index in [1.165, 1.54) is 6.07 Å². The average molecular weight is 195 g/mol. The third-order valence-corrected chi connectivity index (χ3v) is 2.71. The second-order valence-corrected chi connectivity index (χ2v) is 4.39. The summed E-state index contributed by atoms with van der Waals surface area (Å²) in [6.07, 6.45) is 0.915. The van der Waals surface area contributed by atoms with E-state index in [1.807, 2.05) is 12.1 Å². The molecule has 0 heterocycles. The van der Waals surface area contributed by atoms with Crippen molar-refractivity contribution < 1.29 is 4.39 Å². The first-order valence-electron chi connectivity index (χ1n) is 4.94. The van der Waals surface area contributed by atoms with Crippen LogP contribution in [0, 0.1) is 12.7 Å². The molecule has 0 saturated carbocycles. The van der Waals surface area contributed by atoms with E-state index >= 15 is 0 Å². The van der Waals surface area contributed by atoms with Crippen LogP contribution < -0.4 is 5.73 Å². The Morgan fingerprint density at radius 1 is 1.36 bits per heavy atom. The fourth-order valence-electron chi connectivity index (χ4n) is 1.57. The van der Waals surface area contributed by atoms with Crippen LogP contribution in [-0.4, -0.2) is 6.54 Å². The smallest absolute Gasteiger partial charge is 0.126 e. The van der Waals surface area contributed by atoms with E-state index in [0.717, 1.165) is 12.0 Å². The Morgan fingerprint density at radius 3 is 2.50 bits per heavy atom. The Morgan fingerprint density at radius 2 is 2.00 bits per heavy atom. The highest BCUT2D eigenvalue weighted by atomic mass is 19.1. The third-order valence-electron chi connectivity index (χ3n) is 2.71. The summed E-state index contributed by atoms with van der Waals surface area (Å²) in [5, 5.41) is 0. The summed E-state index contributed by atoms with van der Waals surface area (Å²) >= 11 is 0. The molecule has 2 heteroatoms. The van der Waals surface area contributed by atoms with Gasteiger partial charge in [0.1, 0.15) is 5.82 Å². The largest absolute Gasteiger partial charge is 0.330 e. The predicted octanol–water partition coefficient (Wildman–Crippen LogP) is 2.76. The van der Waals surface area contributed by atoms with Gasteiger partial charge in [-0.1, -0.05) is 26.0 Å². The second-order valence-electron chi connectivity index (χ2n) is 4.39. The van der Waals surface area contributed by atoms with E-state index in [2.05, 4.69) is 13.8 Å². The van der Waals surface area contributed by atoms with E-state index in [-0.39, 0.29) is 11.2 Å². The van der Waals surface area contributed by atoms with Crippen LogP contribution in [0.5, 0.6) is 0 Å². The van der Waals surface area contributed by atoms with E-state index < -0.39 is 0 Å². The highest BCUT2D eigenvalue weighted by Gasteiger charge is 2.19. The Hall–Kier alpha value is -0.890. The first kappa shape index (κ1) is 11.2. The molecule has 0 spiro atoms. The van der Waals surface area contributed by atoms with Gasteiger partial charge in [-0.05, 0) is 42.5 Å². The summed E-state index contributed by atoms with van der Waals surface area (Å²) in [6.45, 7) is 6.71. The van der Waals surface area contributed by atoms with Crippen LogP contribution in [0.25, 0.3) is 0 Å². The van der Waals surface area contributed by atoms with E-state index in [4.69, 9.17) is 5.73 Å². The van der Waals surface area contributed by atoms with Crippen molar-refractivity contribution in [1.29, 1.82) is 0 Å². The van der Waals surface area contributed by atoms with Gasteiger partial charge in [-0.15, -0.1) is 0 Å². The molecule has 0 aliphatic heterocycles. The molecule has 0 aliphatic carbocycles. The number of hydrogen-bond donors (Lipinski definition) is 1. The summed E-state index contributed by atoms with van der Waals surface area (Å²) in [5.41, 5.74) is 7.44. The average Bonchev–Trinajstić information content (AvgIpc) is 2.09. The quantitative estimate of drug-likeness (QED) is 0.788. The van der Waals surface area contributed by atoms with Gasteiger partial charge in [-0.25, -0.2) is 4.39 Å². The van der Waals surface area contributed by atoms with Crippen LogP contribution in [0.2, 0.25) is 0 Å². The van der Waals surface area contributed by atoms with Crippen molar-refractivity contribution in [3.05, 3.63) is 35.1 Å². The Balaban J connectivity index is 3.01. The molecule has 1 aromatic rings. The fraction of sp³-hybridized carbons (Fsp3) is 0.500. The Kier molecular flexibility index (Phi) is 3.27. The van der Waals surface area contributed by atoms with Crippen molar-refractivity contribution in [1.82, 2.24) is 0 Å². The summed E-state index contributed by atoms with van der Waals surface area (Å²) in [6, 6.07) is 5.28. The lowest BCUT2D eigenvalue weighted by atomic mass is 9.81. The normalized spacial score (nSPS) is 11.8. The molecule has 1 nitrogen and oxygen atoms in total. The van der Waals surface area contributed by atoms with Gasteiger partial charge >= 0.3 is 0 Å². The molecule has 14 heavy (non-hydrogen) atoms. The molecule has 0 atom stereocenters. The zero-order valence-corrected chi connectivity index (χ0v) is 9.10. The maximum Gasteiger partial charge on any atom is 0.126 e. The number of nitrogens with two attached hydrogens (primary N) is 1. The highest BCUT2D eigenvalue weighted by molar-refractivity contribution is 5.29. The number of aryl methyl sites for hydroxylation is 1. The van der Waals surface area contributed by atoms with Crippen molar-refractivity contribution in [3.63, 3.8) is 0 Å².